The standard InChI is InChI=1S/C14H21IN2O/c1-3-10-17(4-2)11-9-16-14(18)12-5-7-13(15)8-6-12/h5-8H,3-4,9-11H2,1-2H3,(H,16,18). The molecule has 0 aliphatic carbocycles. The molecule has 18 heavy (non-hydrogen) atoms. The van der Waals surface area contributed by atoms with Crippen molar-refractivity contribution in [1.29, 1.82) is 0 Å². The summed E-state index contributed by atoms with van der Waals surface area (Å²) in [6.45, 7) is 8.08. The summed E-state index contributed by atoms with van der Waals surface area (Å²) in [4.78, 5) is 14.2. The summed E-state index contributed by atoms with van der Waals surface area (Å²) in [7, 11) is 0. The maximum Gasteiger partial charge on any atom is 0.251 e. The van der Waals surface area contributed by atoms with Crippen molar-refractivity contribution in [3.05, 3.63) is 33.4 Å². The van der Waals surface area contributed by atoms with Gasteiger partial charge in [-0.05, 0) is 66.4 Å². The first-order valence-electron chi connectivity index (χ1n) is 6.43. The number of likely N-dealkylation sites (N-methyl/N-ethyl adjacent to an activating group) is 1. The largest absolute Gasteiger partial charge is 0.351 e. The van der Waals surface area contributed by atoms with Gasteiger partial charge < -0.3 is 10.2 Å². The summed E-state index contributed by atoms with van der Waals surface area (Å²) in [6.07, 6.45) is 1.15. The number of amides is 1. The molecule has 0 aliphatic rings. The lowest BCUT2D eigenvalue weighted by Gasteiger charge is -2.19. The highest BCUT2D eigenvalue weighted by Crippen LogP contribution is 2.06. The molecule has 0 aromatic heterocycles. The minimum Gasteiger partial charge on any atom is -0.351 e. The minimum atomic E-state index is 0.0129. The molecule has 0 aliphatic heterocycles. The molecule has 3 nitrogen and oxygen atoms in total. The van der Waals surface area contributed by atoms with E-state index in [1.807, 2.05) is 24.3 Å². The molecular weight excluding hydrogens is 339 g/mol. The van der Waals surface area contributed by atoms with Gasteiger partial charge in [0.1, 0.15) is 0 Å². The van der Waals surface area contributed by atoms with Crippen molar-refractivity contribution in [1.82, 2.24) is 10.2 Å². The van der Waals surface area contributed by atoms with Crippen LogP contribution in [-0.2, 0) is 0 Å². The third-order valence-corrected chi connectivity index (χ3v) is 3.53. The monoisotopic (exact) mass is 360 g/mol. The molecule has 0 radical (unpaired) electrons. The predicted molar refractivity (Wildman–Crippen MR) is 83.9 cm³/mol. The third kappa shape index (κ3) is 5.35. The Labute approximate surface area is 123 Å². The Morgan fingerprint density at radius 1 is 1.22 bits per heavy atom. The zero-order chi connectivity index (χ0) is 13.4. The highest BCUT2D eigenvalue weighted by atomic mass is 127. The smallest absolute Gasteiger partial charge is 0.251 e. The van der Waals surface area contributed by atoms with Crippen LogP contribution in [0.5, 0.6) is 0 Å². The number of nitrogens with one attached hydrogen (secondary N) is 1. The molecule has 1 amide bonds. The van der Waals surface area contributed by atoms with Crippen LogP contribution in [0.1, 0.15) is 30.6 Å². The van der Waals surface area contributed by atoms with Gasteiger partial charge in [-0.1, -0.05) is 13.8 Å². The van der Waals surface area contributed by atoms with E-state index < -0.39 is 0 Å². The van der Waals surface area contributed by atoms with Crippen LogP contribution in [0.4, 0.5) is 0 Å². The summed E-state index contributed by atoms with van der Waals surface area (Å²) >= 11 is 2.23. The van der Waals surface area contributed by atoms with Crippen molar-refractivity contribution >= 4 is 28.5 Å². The van der Waals surface area contributed by atoms with Crippen molar-refractivity contribution in [2.75, 3.05) is 26.2 Å². The van der Waals surface area contributed by atoms with Gasteiger partial charge >= 0.3 is 0 Å². The number of hydrogen-bond donors (Lipinski definition) is 1. The zero-order valence-corrected chi connectivity index (χ0v) is 13.2. The number of nitrogens with zero attached hydrogens (tertiary/aromatic N) is 1. The zero-order valence-electron chi connectivity index (χ0n) is 11.1. The van der Waals surface area contributed by atoms with E-state index in [2.05, 4.69) is 46.7 Å². The molecule has 0 fully saturated rings. The lowest BCUT2D eigenvalue weighted by Crippen LogP contribution is -2.35. The number of hydrogen-bond acceptors (Lipinski definition) is 2. The van der Waals surface area contributed by atoms with E-state index in [-0.39, 0.29) is 5.91 Å². The molecule has 1 rings (SSSR count). The first kappa shape index (κ1) is 15.4. The second-order valence-corrected chi connectivity index (χ2v) is 5.44. The second kappa shape index (κ2) is 8.48. The van der Waals surface area contributed by atoms with Gasteiger partial charge in [-0.2, -0.15) is 0 Å². The van der Waals surface area contributed by atoms with Gasteiger partial charge in [0, 0.05) is 22.2 Å². The van der Waals surface area contributed by atoms with E-state index in [4.69, 9.17) is 0 Å². The van der Waals surface area contributed by atoms with Crippen molar-refractivity contribution in [3.63, 3.8) is 0 Å². The van der Waals surface area contributed by atoms with Gasteiger partial charge in [-0.15, -0.1) is 0 Å². The number of carbonyl (C=O) groups excluding carboxylic acids is 1. The molecule has 1 N–H and O–H groups in total. The van der Waals surface area contributed by atoms with Crippen LogP contribution >= 0.6 is 22.6 Å². The van der Waals surface area contributed by atoms with E-state index in [0.717, 1.165) is 35.2 Å². The Balaban J connectivity index is 2.35. The summed E-state index contributed by atoms with van der Waals surface area (Å²) in [6, 6.07) is 7.62. The van der Waals surface area contributed by atoms with Crippen molar-refractivity contribution in [2.24, 2.45) is 0 Å². The number of carbonyl (C=O) groups is 1. The van der Waals surface area contributed by atoms with E-state index in [1.54, 1.807) is 0 Å². The normalized spacial score (nSPS) is 10.7. The Kier molecular flexibility index (Phi) is 7.27. The lowest BCUT2D eigenvalue weighted by atomic mass is 10.2. The first-order valence-corrected chi connectivity index (χ1v) is 7.51. The molecule has 0 bridgehead atoms. The molecule has 1 aromatic carbocycles. The Morgan fingerprint density at radius 2 is 1.89 bits per heavy atom. The predicted octanol–water partition coefficient (Wildman–Crippen LogP) is 2.75. The highest BCUT2D eigenvalue weighted by molar-refractivity contribution is 14.1. The Morgan fingerprint density at radius 3 is 2.44 bits per heavy atom. The van der Waals surface area contributed by atoms with Crippen molar-refractivity contribution < 1.29 is 4.79 Å². The molecule has 0 saturated heterocycles. The van der Waals surface area contributed by atoms with Crippen molar-refractivity contribution in [2.45, 2.75) is 20.3 Å². The Bertz CT molecular complexity index is 365. The van der Waals surface area contributed by atoms with E-state index in [9.17, 15) is 4.79 Å². The molecule has 0 unspecified atom stereocenters. The fraction of sp³-hybridized carbons (Fsp3) is 0.500. The van der Waals surface area contributed by atoms with Gasteiger partial charge in [-0.25, -0.2) is 0 Å². The molecule has 0 atom stereocenters. The average Bonchev–Trinajstić information content (AvgIpc) is 2.38. The summed E-state index contributed by atoms with van der Waals surface area (Å²) in [5, 5.41) is 2.96. The molecule has 0 saturated carbocycles. The van der Waals surface area contributed by atoms with Crippen molar-refractivity contribution in [3.8, 4) is 0 Å². The maximum absolute atomic E-state index is 11.9. The molecule has 100 valence electrons. The SMILES string of the molecule is CCCN(CC)CCNC(=O)c1ccc(I)cc1. The van der Waals surface area contributed by atoms with Gasteiger partial charge in [0.2, 0.25) is 0 Å². The van der Waals surface area contributed by atoms with Crippen LogP contribution in [0.2, 0.25) is 0 Å². The maximum atomic E-state index is 11.9. The van der Waals surface area contributed by atoms with Crippen LogP contribution < -0.4 is 5.32 Å². The molecule has 0 heterocycles. The second-order valence-electron chi connectivity index (χ2n) is 4.20. The summed E-state index contributed by atoms with van der Waals surface area (Å²) in [5.74, 6) is 0.0129. The van der Waals surface area contributed by atoms with E-state index in [1.165, 1.54) is 0 Å². The lowest BCUT2D eigenvalue weighted by molar-refractivity contribution is 0.0948. The van der Waals surface area contributed by atoms with E-state index >= 15 is 0 Å². The van der Waals surface area contributed by atoms with Crippen LogP contribution in [0.25, 0.3) is 0 Å². The van der Waals surface area contributed by atoms with Gasteiger partial charge in [-0.3, -0.25) is 4.79 Å². The highest BCUT2D eigenvalue weighted by Gasteiger charge is 2.05. The molecular formula is C14H21IN2O. The van der Waals surface area contributed by atoms with Gasteiger partial charge in [0.15, 0.2) is 0 Å². The van der Waals surface area contributed by atoms with Gasteiger partial charge in [0.05, 0.1) is 0 Å². The topological polar surface area (TPSA) is 32.3 Å². The summed E-state index contributed by atoms with van der Waals surface area (Å²) < 4.78 is 1.14. The fourth-order valence-electron chi connectivity index (χ4n) is 1.78. The third-order valence-electron chi connectivity index (χ3n) is 2.81. The molecule has 4 heteroatoms. The summed E-state index contributed by atoms with van der Waals surface area (Å²) in [5.41, 5.74) is 0.731. The minimum absolute atomic E-state index is 0.0129. The number of rotatable bonds is 7. The molecule has 1 aromatic rings. The fourth-order valence-corrected chi connectivity index (χ4v) is 2.13. The molecule has 0 spiro atoms. The first-order chi connectivity index (χ1) is 8.67. The van der Waals surface area contributed by atoms with Crippen LogP contribution in [0.15, 0.2) is 24.3 Å². The quantitative estimate of drug-likeness (QED) is 0.759. The number of benzene rings is 1. The Hall–Kier alpha value is -0.620. The van der Waals surface area contributed by atoms with Crippen LogP contribution in [-0.4, -0.2) is 37.0 Å². The van der Waals surface area contributed by atoms with Gasteiger partial charge in [0.25, 0.3) is 5.91 Å². The number of halogens is 1. The van der Waals surface area contributed by atoms with E-state index in [0.29, 0.717) is 6.54 Å². The van der Waals surface area contributed by atoms with Crippen LogP contribution in [0.3, 0.4) is 0 Å². The average molecular weight is 360 g/mol. The van der Waals surface area contributed by atoms with Crippen LogP contribution in [0, 0.1) is 3.57 Å².